The molecule has 0 spiro atoms. The standard InChI is InChI=1S/C93H129N23O21S/c1-5-7-23-71-84(129)105-63(22-14-34-99-93(96)97)82(127)111-70(81(126)102-46-77(95)121)49-138-50-78(122)104-68(37-52-27-29-57(118)30-28-52)91(136)115-36-16-25-72(115)85(130)107-65(31-32-79(123)124)89(134)114-35-15-26-73(114)86(131)109-67(41-56-45-98-51-103-56)83(128)106-64(21-13-33-94)90(135)116-47-58(119)42-75(116)87(132)108-66(38-53-43-100-61-19-11-9-17-59(53)61)76(120)40-55(48-117)80(125)110-69(39-54-44-101-62-20-12-10-18-60(54)62)88(133)113(4)74(24-8-6-2)92(137)112(71)3/h9-12,17-20,27-30,43-45,51,55,58,63-75,100-101,117-119H,5-8,13-16,21-26,31-42,46-50,94H2,1-4H3,(H2,95,121)(H,98,103)(H,102,126)(H,104,122)(H,105,129)(H,106,128)(H,107,130)(H,108,132)(H,109,131)(H,110,125)(H,111,127)(H,123,124)(H4,96,97,99)/t55-,58?,63-,64-,65-,66-,67-,68-,69-,70-,71-,72-,73-,74-,75-/m0/s1. The van der Waals surface area contributed by atoms with Crippen molar-refractivity contribution in [1.82, 2.24) is 97.6 Å². The number of benzene rings is 3. The zero-order chi connectivity index (χ0) is 100.0. The van der Waals surface area contributed by atoms with E-state index in [1.807, 2.05) is 13.8 Å². The number of H-pyrrole nitrogens is 3. The van der Waals surface area contributed by atoms with E-state index in [1.165, 1.54) is 55.8 Å². The fourth-order valence-electron chi connectivity index (χ4n) is 17.9. The Labute approximate surface area is 801 Å². The van der Waals surface area contributed by atoms with Crippen molar-refractivity contribution in [1.29, 1.82) is 5.41 Å². The Morgan fingerprint density at radius 2 is 1.09 bits per heavy atom. The number of aliphatic hydroxyl groups is 2. The smallest absolute Gasteiger partial charge is 0.303 e. The number of ketones is 1. The van der Waals surface area contributed by atoms with Crippen LogP contribution in [0.3, 0.4) is 0 Å². The largest absolute Gasteiger partial charge is 0.508 e. The predicted molar refractivity (Wildman–Crippen MR) is 505 cm³/mol. The van der Waals surface area contributed by atoms with Crippen LogP contribution in [0.4, 0.5) is 0 Å². The van der Waals surface area contributed by atoms with E-state index in [1.54, 1.807) is 60.9 Å². The number of hydrogen-bond donors (Lipinski definition) is 21. The second kappa shape index (κ2) is 51.6. The number of imidazole rings is 1. The number of nitrogens with zero attached hydrogens (tertiary/aromatic N) is 6. The fourth-order valence-corrected chi connectivity index (χ4v) is 18.7. The number of carbonyl (C=O) groups excluding carboxylic acids is 16. The number of carboxylic acids is 1. The minimum atomic E-state index is -1.66. The number of aliphatic hydroxyl groups excluding tert-OH is 2. The molecule has 4 aliphatic rings. The number of unbranched alkanes of at least 4 members (excludes halogenated alkanes) is 2. The van der Waals surface area contributed by atoms with Gasteiger partial charge in [-0.25, -0.2) is 4.98 Å². The Bertz CT molecular complexity index is 5310. The maximum atomic E-state index is 15.8. The van der Waals surface area contributed by atoms with Gasteiger partial charge in [-0.1, -0.05) is 88.1 Å². The van der Waals surface area contributed by atoms with Crippen molar-refractivity contribution in [2.45, 2.75) is 240 Å². The van der Waals surface area contributed by atoms with Crippen LogP contribution in [0.5, 0.6) is 5.75 Å². The van der Waals surface area contributed by atoms with Gasteiger partial charge >= 0.3 is 5.97 Å². The Balaban J connectivity index is 1.02. The molecule has 3 aromatic heterocycles. The molecular formula is C93H129N23O21S. The number of rotatable bonds is 28. The first-order valence-corrected chi connectivity index (χ1v) is 47.9. The number of aromatic hydroxyl groups is 1. The summed E-state index contributed by atoms with van der Waals surface area (Å²) in [7, 11) is 2.71. The second-order valence-electron chi connectivity index (χ2n) is 35.4. The van der Waals surface area contributed by atoms with Gasteiger partial charge < -0.3 is 130 Å². The van der Waals surface area contributed by atoms with Crippen LogP contribution >= 0.6 is 11.8 Å². The first kappa shape index (κ1) is 106. The van der Waals surface area contributed by atoms with Crippen LogP contribution in [0.1, 0.15) is 152 Å². The van der Waals surface area contributed by atoms with Gasteiger partial charge in [0.2, 0.25) is 88.6 Å². The van der Waals surface area contributed by atoms with Gasteiger partial charge in [-0.2, -0.15) is 0 Å². The summed E-state index contributed by atoms with van der Waals surface area (Å²) in [6, 6.07) is 0.193. The Morgan fingerprint density at radius 1 is 0.551 bits per heavy atom. The molecule has 44 nitrogen and oxygen atoms in total. The van der Waals surface area contributed by atoms with E-state index in [-0.39, 0.29) is 128 Å². The van der Waals surface area contributed by atoms with Crippen molar-refractivity contribution in [3.8, 4) is 5.75 Å². The van der Waals surface area contributed by atoms with Gasteiger partial charge in [0.15, 0.2) is 11.7 Å². The number of carbonyl (C=O) groups is 17. The molecule has 4 saturated heterocycles. The van der Waals surface area contributed by atoms with Gasteiger partial charge in [0, 0.05) is 131 Å². The van der Waals surface area contributed by atoms with Crippen LogP contribution in [-0.4, -0.2) is 327 Å². The number of phenols is 1. The van der Waals surface area contributed by atoms with Gasteiger partial charge in [-0.3, -0.25) is 86.9 Å². The molecule has 6 aromatic rings. The number of hydrogen-bond acceptors (Lipinski definition) is 24. The lowest BCUT2D eigenvalue weighted by Gasteiger charge is -2.36. The number of nitrogens with two attached hydrogens (primary N) is 3. The van der Waals surface area contributed by atoms with Crippen molar-refractivity contribution in [2.24, 2.45) is 23.1 Å². The number of guanidine groups is 1. The summed E-state index contributed by atoms with van der Waals surface area (Å²) >= 11 is 0.776. The summed E-state index contributed by atoms with van der Waals surface area (Å²) in [5.41, 5.74) is 20.1. The molecule has 7 heterocycles. The van der Waals surface area contributed by atoms with Gasteiger partial charge in [-0.05, 0) is 118 Å². The van der Waals surface area contributed by atoms with Gasteiger partial charge in [-0.15, -0.1) is 11.8 Å². The average molecular weight is 1940 g/mol. The molecule has 748 valence electrons. The highest BCUT2D eigenvalue weighted by atomic mass is 32.2. The molecule has 15 atom stereocenters. The third-order valence-electron chi connectivity index (χ3n) is 25.4. The van der Waals surface area contributed by atoms with E-state index in [4.69, 9.17) is 22.6 Å². The Kier molecular flexibility index (Phi) is 39.8. The number of Topliss-reactive ketones (excluding diaryl/α,β-unsaturated/α-hetero) is 1. The van der Waals surface area contributed by atoms with Gasteiger partial charge in [0.05, 0.1) is 49.0 Å². The summed E-state index contributed by atoms with van der Waals surface area (Å²) in [4.78, 5) is 271. The monoisotopic (exact) mass is 1940 g/mol. The minimum Gasteiger partial charge on any atom is -0.508 e. The number of amides is 15. The van der Waals surface area contributed by atoms with E-state index in [2.05, 4.69) is 73.1 Å². The number of aromatic nitrogens is 4. The molecule has 0 bridgehead atoms. The van der Waals surface area contributed by atoms with Crippen LogP contribution in [0.2, 0.25) is 0 Å². The lowest BCUT2D eigenvalue weighted by Crippen LogP contribution is -2.60. The van der Waals surface area contributed by atoms with E-state index in [0.717, 1.165) is 31.4 Å². The maximum Gasteiger partial charge on any atom is 0.303 e. The molecule has 4 aliphatic heterocycles. The number of aliphatic carboxylic acids is 1. The normalized spacial score (nSPS) is 24.9. The minimum absolute atomic E-state index is 0.00190. The zero-order valence-electron chi connectivity index (χ0n) is 77.9. The molecule has 138 heavy (non-hydrogen) atoms. The number of aromatic amines is 3. The molecule has 0 radical (unpaired) electrons. The second-order valence-corrected chi connectivity index (χ2v) is 36.4. The molecule has 0 saturated carbocycles. The van der Waals surface area contributed by atoms with Crippen LogP contribution in [0, 0.1) is 11.3 Å². The van der Waals surface area contributed by atoms with Crippen molar-refractivity contribution in [3.63, 3.8) is 0 Å². The lowest BCUT2D eigenvalue weighted by molar-refractivity contribution is -0.149. The van der Waals surface area contributed by atoms with Crippen molar-refractivity contribution in [3.05, 3.63) is 120 Å². The van der Waals surface area contributed by atoms with Crippen molar-refractivity contribution >= 4 is 140 Å². The molecule has 4 fully saturated rings. The number of carboxylic acid groups (broad SMARTS) is 1. The number of para-hydroxylation sites is 2. The lowest BCUT2D eigenvalue weighted by atomic mass is 9.93. The van der Waals surface area contributed by atoms with E-state index >= 15 is 52.7 Å². The summed E-state index contributed by atoms with van der Waals surface area (Å²) in [6.07, 6.45) is 2.90. The highest BCUT2D eigenvalue weighted by Gasteiger charge is 2.48. The Morgan fingerprint density at radius 3 is 1.68 bits per heavy atom. The van der Waals surface area contributed by atoms with Crippen molar-refractivity contribution in [2.75, 3.05) is 71.5 Å². The highest BCUT2D eigenvalue weighted by Crippen LogP contribution is 2.30. The van der Waals surface area contributed by atoms with Crippen LogP contribution < -0.4 is 70.4 Å². The molecule has 45 heteroatoms. The number of likely N-dealkylation sites (N-methyl/N-ethyl adjacent to an activating group) is 2. The number of phenolic OH excluding ortho intramolecular Hbond substituents is 1. The molecular weight excluding hydrogens is 1810 g/mol. The van der Waals surface area contributed by atoms with Gasteiger partial charge in [0.1, 0.15) is 78.3 Å². The molecule has 3 aromatic carbocycles. The van der Waals surface area contributed by atoms with E-state index in [0.29, 0.717) is 64.2 Å². The maximum absolute atomic E-state index is 15.8. The van der Waals surface area contributed by atoms with Crippen LogP contribution in [0.25, 0.3) is 21.8 Å². The van der Waals surface area contributed by atoms with E-state index < -0.39 is 254 Å². The number of fused-ring (bicyclic) bond motifs is 5. The van der Waals surface area contributed by atoms with E-state index in [9.17, 15) is 49.2 Å². The summed E-state index contributed by atoms with van der Waals surface area (Å²) in [6.45, 7) is 1.26. The Hall–Kier alpha value is -13.6. The first-order valence-electron chi connectivity index (χ1n) is 46.8. The topological polar surface area (TPSA) is 670 Å². The van der Waals surface area contributed by atoms with Crippen LogP contribution in [-0.2, 0) is 107 Å². The van der Waals surface area contributed by atoms with Crippen molar-refractivity contribution < 1.29 is 102 Å². The third kappa shape index (κ3) is 29.3. The molecule has 1 unspecified atom stereocenters. The van der Waals surface area contributed by atoms with Gasteiger partial charge in [0.25, 0.3) is 0 Å². The summed E-state index contributed by atoms with van der Waals surface area (Å²) in [5.74, 6) is -18.9. The number of nitrogens with one attached hydrogen (secondary N) is 14. The first-order chi connectivity index (χ1) is 66.1. The predicted octanol–water partition coefficient (Wildman–Crippen LogP) is -2.01. The summed E-state index contributed by atoms with van der Waals surface area (Å²) < 4.78 is 0. The average Bonchev–Trinajstić information content (AvgIpc) is 1.54. The molecule has 0 aliphatic carbocycles. The fraction of sp³-hybridized carbons (Fsp3) is 0.538. The third-order valence-corrected chi connectivity index (χ3v) is 26.4. The quantitative estimate of drug-likeness (QED) is 0.0143. The SMILES string of the molecule is CCCC[C@H]1C(=O)N(C)[C@@H](CCCC)C(=O)N[C@@H](CCCNC(=N)N)C(=O)N[C@H](C(=O)NCC(N)=O)CSCC(=O)N[C@@H](Cc2ccc(O)cc2)C(=O)N2CCC[C@H]2C(=O)N[C@@H](CCC(=O)O)C(=O)N2CCC[C@H]2C(=O)N[C@@H](Cc2c[nH]cn2)C(=O)N[C@@H](CCCN)C(=O)N2CC(O)C[C@H]2C(=O)N[C@@H](Cc2c[nH]c3ccccc23)C(=O)C[C@@H](CO)C(=O)N[C@@H](Cc2c[nH]c3ccccc23)C(=O)N1C. The molecule has 15 amide bonds. The summed E-state index contributed by atoms with van der Waals surface area (Å²) in [5, 5.41) is 79.1. The molecule has 24 N–H and O–H groups in total. The molecule has 10 rings (SSSR count). The zero-order valence-corrected chi connectivity index (χ0v) is 78.7. The van der Waals surface area contributed by atoms with Crippen LogP contribution in [0.15, 0.2) is 97.7 Å². The number of primary amides is 1. The number of thioether (sulfide) groups is 1. The highest BCUT2D eigenvalue weighted by molar-refractivity contribution is 8.00.